The number of ether oxygens (including phenoxy) is 1. The number of amides is 1. The van der Waals surface area contributed by atoms with E-state index in [1.54, 1.807) is 21.0 Å². The first-order valence-corrected chi connectivity index (χ1v) is 8.70. The fourth-order valence-electron chi connectivity index (χ4n) is 3.43. The van der Waals surface area contributed by atoms with Crippen molar-refractivity contribution in [3.8, 4) is 5.75 Å². The Morgan fingerprint density at radius 2 is 2.12 bits per heavy atom. The molecule has 0 saturated carbocycles. The summed E-state index contributed by atoms with van der Waals surface area (Å²) in [5.74, 6) is 1.23. The quantitative estimate of drug-likeness (QED) is 0.857. The predicted octanol–water partition coefficient (Wildman–Crippen LogP) is 1.11. The fraction of sp³-hybridized carbons (Fsp3) is 0.421. The first kappa shape index (κ1) is 18.1. The van der Waals surface area contributed by atoms with E-state index in [1.807, 2.05) is 29.2 Å². The molecule has 26 heavy (non-hydrogen) atoms. The summed E-state index contributed by atoms with van der Waals surface area (Å²) in [5, 5.41) is 3.33. The number of aryl methyl sites for hydroxylation is 2. The molecule has 0 radical (unpaired) electrons. The van der Waals surface area contributed by atoms with Crippen LogP contribution >= 0.6 is 0 Å². The molecular formula is C19H24N4O3. The molecule has 1 saturated heterocycles. The molecular weight excluding hydrogens is 332 g/mol. The minimum atomic E-state index is -0.243. The maximum Gasteiger partial charge on any atom is 0.254 e. The highest BCUT2D eigenvalue weighted by molar-refractivity contribution is 5.79. The number of rotatable bonds is 4. The Morgan fingerprint density at radius 1 is 1.35 bits per heavy atom. The van der Waals surface area contributed by atoms with Crippen LogP contribution in [-0.4, -0.2) is 47.5 Å². The number of aromatic nitrogens is 2. The third kappa shape index (κ3) is 3.62. The molecule has 2 N–H and O–H groups in total. The van der Waals surface area contributed by atoms with Gasteiger partial charge in [-0.3, -0.25) is 9.59 Å². The summed E-state index contributed by atoms with van der Waals surface area (Å²) in [6.07, 6.45) is 0.0418. The lowest BCUT2D eigenvalue weighted by atomic mass is 10.0. The van der Waals surface area contributed by atoms with Gasteiger partial charge >= 0.3 is 0 Å². The average Bonchev–Trinajstić information content (AvgIpc) is 2.64. The van der Waals surface area contributed by atoms with Crippen LogP contribution in [0.1, 0.15) is 28.7 Å². The van der Waals surface area contributed by atoms with Crippen molar-refractivity contribution in [1.29, 1.82) is 0 Å². The van der Waals surface area contributed by atoms with Crippen molar-refractivity contribution in [2.24, 2.45) is 0 Å². The van der Waals surface area contributed by atoms with Crippen molar-refractivity contribution in [3.63, 3.8) is 0 Å². The second-order valence-corrected chi connectivity index (χ2v) is 6.44. The molecule has 1 atom stereocenters. The Bertz CT molecular complexity index is 862. The number of benzene rings is 1. The molecule has 1 amide bonds. The van der Waals surface area contributed by atoms with Crippen molar-refractivity contribution < 1.29 is 9.53 Å². The molecule has 1 fully saturated rings. The van der Waals surface area contributed by atoms with Crippen LogP contribution in [0.25, 0.3) is 0 Å². The van der Waals surface area contributed by atoms with Gasteiger partial charge in [-0.05, 0) is 19.9 Å². The van der Waals surface area contributed by atoms with Crippen LogP contribution in [0, 0.1) is 13.8 Å². The number of nitrogens with zero attached hydrogens (tertiary/aromatic N) is 2. The van der Waals surface area contributed by atoms with Gasteiger partial charge in [-0.25, -0.2) is 4.98 Å². The highest BCUT2D eigenvalue weighted by Crippen LogP contribution is 2.30. The molecule has 1 aliphatic heterocycles. The van der Waals surface area contributed by atoms with E-state index in [4.69, 9.17) is 4.74 Å². The normalized spacial score (nSPS) is 17.2. The lowest BCUT2D eigenvalue weighted by Crippen LogP contribution is -2.49. The van der Waals surface area contributed by atoms with Crippen LogP contribution in [0.3, 0.4) is 0 Å². The third-order valence-corrected chi connectivity index (χ3v) is 4.73. The Kier molecular flexibility index (Phi) is 5.37. The number of piperazine rings is 1. The van der Waals surface area contributed by atoms with E-state index in [1.165, 1.54) is 0 Å². The highest BCUT2D eigenvalue weighted by atomic mass is 16.5. The Balaban J connectivity index is 1.88. The van der Waals surface area contributed by atoms with Gasteiger partial charge in [0, 0.05) is 36.5 Å². The van der Waals surface area contributed by atoms with Gasteiger partial charge in [0.1, 0.15) is 11.6 Å². The zero-order valence-corrected chi connectivity index (χ0v) is 15.3. The number of hydrogen-bond donors (Lipinski definition) is 2. The number of aromatic amines is 1. The number of H-pyrrole nitrogens is 1. The van der Waals surface area contributed by atoms with Gasteiger partial charge in [0.2, 0.25) is 5.91 Å². The van der Waals surface area contributed by atoms with E-state index in [0.717, 1.165) is 17.9 Å². The number of nitrogens with one attached hydrogen (secondary N) is 2. The minimum Gasteiger partial charge on any atom is -0.496 e. The maximum absolute atomic E-state index is 13.0. The molecule has 7 nitrogen and oxygen atoms in total. The van der Waals surface area contributed by atoms with E-state index in [2.05, 4.69) is 15.3 Å². The van der Waals surface area contributed by atoms with E-state index in [9.17, 15) is 9.59 Å². The Labute approximate surface area is 152 Å². The van der Waals surface area contributed by atoms with Gasteiger partial charge < -0.3 is 19.9 Å². The van der Waals surface area contributed by atoms with Crippen molar-refractivity contribution >= 4 is 5.91 Å². The second kappa shape index (κ2) is 7.70. The second-order valence-electron chi connectivity index (χ2n) is 6.44. The molecule has 1 unspecified atom stereocenters. The van der Waals surface area contributed by atoms with Gasteiger partial charge in [0.25, 0.3) is 5.56 Å². The SMILES string of the molecule is COc1ccccc1C1CNCCN1C(=O)Cc1c(C)nc(C)[nH]c1=O. The largest absolute Gasteiger partial charge is 0.496 e. The molecule has 7 heteroatoms. The van der Waals surface area contributed by atoms with E-state index in [0.29, 0.717) is 30.2 Å². The molecule has 0 bridgehead atoms. The van der Waals surface area contributed by atoms with Crippen LogP contribution < -0.4 is 15.6 Å². The molecule has 0 spiro atoms. The average molecular weight is 356 g/mol. The van der Waals surface area contributed by atoms with Gasteiger partial charge in [-0.2, -0.15) is 0 Å². The number of para-hydroxylation sites is 1. The smallest absolute Gasteiger partial charge is 0.254 e. The summed E-state index contributed by atoms with van der Waals surface area (Å²) in [6.45, 7) is 5.44. The molecule has 3 rings (SSSR count). The number of methoxy groups -OCH3 is 1. The summed E-state index contributed by atoms with van der Waals surface area (Å²) >= 11 is 0. The van der Waals surface area contributed by atoms with Crippen molar-refractivity contribution in [1.82, 2.24) is 20.2 Å². The topological polar surface area (TPSA) is 87.3 Å². The summed E-state index contributed by atoms with van der Waals surface area (Å²) < 4.78 is 5.47. The molecule has 0 aliphatic carbocycles. The minimum absolute atomic E-state index is 0.0418. The lowest BCUT2D eigenvalue weighted by Gasteiger charge is -2.37. The van der Waals surface area contributed by atoms with Crippen molar-refractivity contribution in [2.75, 3.05) is 26.7 Å². The molecule has 2 aromatic rings. The summed E-state index contributed by atoms with van der Waals surface area (Å²) in [5.41, 5.74) is 1.75. The number of carbonyl (C=O) groups excluding carboxylic acids is 1. The molecule has 1 aromatic carbocycles. The predicted molar refractivity (Wildman–Crippen MR) is 98.4 cm³/mol. The maximum atomic E-state index is 13.0. The molecule has 1 aromatic heterocycles. The molecule has 2 heterocycles. The van der Waals surface area contributed by atoms with Gasteiger partial charge in [0.05, 0.1) is 19.6 Å². The monoisotopic (exact) mass is 356 g/mol. The van der Waals surface area contributed by atoms with Crippen LogP contribution in [0.2, 0.25) is 0 Å². The lowest BCUT2D eigenvalue weighted by molar-refractivity contribution is -0.133. The third-order valence-electron chi connectivity index (χ3n) is 4.73. The summed E-state index contributed by atoms with van der Waals surface area (Å²) in [4.78, 5) is 34.0. The summed E-state index contributed by atoms with van der Waals surface area (Å²) in [7, 11) is 1.63. The van der Waals surface area contributed by atoms with Crippen LogP contribution in [0.5, 0.6) is 5.75 Å². The summed E-state index contributed by atoms with van der Waals surface area (Å²) in [6, 6.07) is 7.58. The molecule has 138 valence electrons. The van der Waals surface area contributed by atoms with Gasteiger partial charge in [-0.1, -0.05) is 18.2 Å². The fourth-order valence-corrected chi connectivity index (χ4v) is 3.43. The molecule has 1 aliphatic rings. The Hall–Kier alpha value is -2.67. The Morgan fingerprint density at radius 3 is 2.85 bits per heavy atom. The van der Waals surface area contributed by atoms with Crippen LogP contribution in [-0.2, 0) is 11.2 Å². The van der Waals surface area contributed by atoms with Crippen LogP contribution in [0.15, 0.2) is 29.1 Å². The zero-order valence-electron chi connectivity index (χ0n) is 15.3. The van der Waals surface area contributed by atoms with Crippen LogP contribution in [0.4, 0.5) is 0 Å². The highest BCUT2D eigenvalue weighted by Gasteiger charge is 2.30. The number of carbonyl (C=O) groups is 1. The van der Waals surface area contributed by atoms with Gasteiger partial charge in [0.15, 0.2) is 0 Å². The van der Waals surface area contributed by atoms with E-state index < -0.39 is 0 Å². The van der Waals surface area contributed by atoms with Crippen molar-refractivity contribution in [3.05, 3.63) is 57.3 Å². The zero-order chi connectivity index (χ0) is 18.7. The van der Waals surface area contributed by atoms with E-state index in [-0.39, 0.29) is 23.9 Å². The van der Waals surface area contributed by atoms with Crippen molar-refractivity contribution in [2.45, 2.75) is 26.3 Å². The first-order valence-electron chi connectivity index (χ1n) is 8.70. The standard InChI is InChI=1S/C19H24N4O3/c1-12-15(19(25)22-13(2)21-12)10-18(24)23-9-8-20-11-16(23)14-6-4-5-7-17(14)26-3/h4-7,16,20H,8-11H2,1-3H3,(H,21,22,25). The first-order chi connectivity index (χ1) is 12.5. The van der Waals surface area contributed by atoms with Gasteiger partial charge in [-0.15, -0.1) is 0 Å². The van der Waals surface area contributed by atoms with E-state index >= 15 is 0 Å². The number of hydrogen-bond acceptors (Lipinski definition) is 5.